The SMILES string of the molecule is C#COC(=O)c1ccc(N=CN(CC)c2ccccc2)cc1.[HH].[HH]. The van der Waals surface area contributed by atoms with Crippen molar-refractivity contribution < 1.29 is 12.4 Å². The van der Waals surface area contributed by atoms with Gasteiger partial charge in [0.1, 0.15) is 6.11 Å². The third-order valence-electron chi connectivity index (χ3n) is 3.03. The first kappa shape index (κ1) is 15.3. The van der Waals surface area contributed by atoms with Gasteiger partial charge in [-0.15, -0.1) is 0 Å². The second-order valence-electron chi connectivity index (χ2n) is 4.42. The number of esters is 1. The molecule has 0 aromatic heterocycles. The molecular formula is C18H20N2O2. The molecule has 22 heavy (non-hydrogen) atoms. The van der Waals surface area contributed by atoms with Gasteiger partial charge in [-0.25, -0.2) is 9.79 Å². The van der Waals surface area contributed by atoms with E-state index in [1.807, 2.05) is 41.3 Å². The van der Waals surface area contributed by atoms with Crippen molar-refractivity contribution in [2.45, 2.75) is 6.92 Å². The highest BCUT2D eigenvalue weighted by Gasteiger charge is 2.05. The van der Waals surface area contributed by atoms with Crippen LogP contribution in [0.25, 0.3) is 0 Å². The van der Waals surface area contributed by atoms with Crippen LogP contribution in [0.2, 0.25) is 0 Å². The van der Waals surface area contributed by atoms with Gasteiger partial charge in [0, 0.05) is 15.1 Å². The first-order valence-corrected chi connectivity index (χ1v) is 6.87. The molecule has 0 aliphatic rings. The molecule has 0 aliphatic heterocycles. The maximum atomic E-state index is 11.4. The number of rotatable bonds is 5. The summed E-state index contributed by atoms with van der Waals surface area (Å²) in [5.74, 6) is -0.544. The third kappa shape index (κ3) is 3.97. The zero-order valence-electron chi connectivity index (χ0n) is 12.3. The minimum Gasteiger partial charge on any atom is -0.369 e. The second-order valence-corrected chi connectivity index (χ2v) is 4.42. The number of ether oxygens (including phenoxy) is 1. The van der Waals surface area contributed by atoms with Crippen molar-refractivity contribution in [2.24, 2.45) is 4.99 Å². The summed E-state index contributed by atoms with van der Waals surface area (Å²) in [6.07, 6.45) is 8.55. The normalized spacial score (nSPS) is 10.2. The van der Waals surface area contributed by atoms with E-state index in [1.165, 1.54) is 0 Å². The summed E-state index contributed by atoms with van der Waals surface area (Å²) < 4.78 is 4.48. The zero-order chi connectivity index (χ0) is 15.8. The van der Waals surface area contributed by atoms with Crippen LogP contribution in [0.3, 0.4) is 0 Å². The molecule has 4 nitrogen and oxygen atoms in total. The predicted octanol–water partition coefficient (Wildman–Crippen LogP) is 4.11. The second kappa shape index (κ2) is 7.65. The van der Waals surface area contributed by atoms with Crippen LogP contribution in [0, 0.1) is 12.5 Å². The fourth-order valence-corrected chi connectivity index (χ4v) is 1.88. The van der Waals surface area contributed by atoms with E-state index in [-0.39, 0.29) is 2.85 Å². The summed E-state index contributed by atoms with van der Waals surface area (Å²) in [6, 6.07) is 16.7. The molecule has 0 amide bonds. The van der Waals surface area contributed by atoms with Crippen LogP contribution in [-0.2, 0) is 4.74 Å². The highest BCUT2D eigenvalue weighted by molar-refractivity contribution is 5.90. The molecule has 2 aromatic rings. The molecule has 0 heterocycles. The summed E-state index contributed by atoms with van der Waals surface area (Å²) in [7, 11) is 0. The van der Waals surface area contributed by atoms with Crippen molar-refractivity contribution in [3.63, 3.8) is 0 Å². The van der Waals surface area contributed by atoms with Crippen molar-refractivity contribution in [3.05, 3.63) is 60.2 Å². The number of anilines is 1. The van der Waals surface area contributed by atoms with Crippen molar-refractivity contribution in [1.82, 2.24) is 0 Å². The van der Waals surface area contributed by atoms with Crippen LogP contribution in [0.1, 0.15) is 20.1 Å². The Morgan fingerprint density at radius 2 is 1.95 bits per heavy atom. The van der Waals surface area contributed by atoms with Gasteiger partial charge in [-0.2, -0.15) is 0 Å². The summed E-state index contributed by atoms with van der Waals surface area (Å²) >= 11 is 0. The van der Waals surface area contributed by atoms with E-state index in [0.717, 1.165) is 17.9 Å². The lowest BCUT2D eigenvalue weighted by molar-refractivity contribution is 0.0691. The van der Waals surface area contributed by atoms with Crippen LogP contribution in [-0.4, -0.2) is 18.9 Å². The summed E-state index contributed by atoms with van der Waals surface area (Å²) in [5, 5.41) is 0. The minimum atomic E-state index is -0.544. The standard InChI is InChI=1S/C18H16N2O2.2H2/c1-3-20(17-8-6-5-7-9-17)14-19-16-12-10-15(11-13-16)18(21)22-4-2;;/h2,5-14H,3H2,1H3;2*1H. The van der Waals surface area contributed by atoms with Crippen LogP contribution in [0.15, 0.2) is 59.6 Å². The maximum Gasteiger partial charge on any atom is 0.352 e. The number of aliphatic imine (C=N–C) groups is 1. The Bertz CT molecular complexity index is 695. The first-order chi connectivity index (χ1) is 10.7. The van der Waals surface area contributed by atoms with E-state index < -0.39 is 5.97 Å². The fraction of sp³-hybridized carbons (Fsp3) is 0.111. The van der Waals surface area contributed by atoms with E-state index in [0.29, 0.717) is 5.56 Å². The Labute approximate surface area is 133 Å². The molecule has 0 N–H and O–H groups in total. The number of carbonyl (C=O) groups is 1. The number of terminal acetylenes is 1. The molecule has 0 radical (unpaired) electrons. The highest BCUT2D eigenvalue weighted by atomic mass is 16.5. The Hall–Kier alpha value is -3.06. The van der Waals surface area contributed by atoms with Gasteiger partial charge in [-0.05, 0) is 43.3 Å². The first-order valence-electron chi connectivity index (χ1n) is 6.87. The largest absolute Gasteiger partial charge is 0.369 e. The van der Waals surface area contributed by atoms with Gasteiger partial charge in [0.2, 0.25) is 0 Å². The number of hydrogen-bond acceptors (Lipinski definition) is 3. The Morgan fingerprint density at radius 3 is 2.55 bits per heavy atom. The van der Waals surface area contributed by atoms with Gasteiger partial charge in [0.05, 0.1) is 17.6 Å². The average Bonchev–Trinajstić information content (AvgIpc) is 2.57. The van der Waals surface area contributed by atoms with Gasteiger partial charge >= 0.3 is 5.97 Å². The Morgan fingerprint density at radius 1 is 1.27 bits per heavy atom. The number of hydrogen-bond donors (Lipinski definition) is 0. The van der Waals surface area contributed by atoms with Gasteiger partial charge < -0.3 is 9.64 Å². The molecular weight excluding hydrogens is 276 g/mol. The summed E-state index contributed by atoms with van der Waals surface area (Å²) in [4.78, 5) is 17.9. The van der Waals surface area contributed by atoms with E-state index in [1.54, 1.807) is 30.6 Å². The van der Waals surface area contributed by atoms with Gasteiger partial charge in [-0.1, -0.05) is 24.6 Å². The van der Waals surface area contributed by atoms with E-state index in [2.05, 4.69) is 16.7 Å². The monoisotopic (exact) mass is 296 g/mol. The van der Waals surface area contributed by atoms with Crippen molar-refractivity contribution in [2.75, 3.05) is 11.4 Å². The van der Waals surface area contributed by atoms with Crippen molar-refractivity contribution >= 4 is 23.7 Å². The molecule has 2 aromatic carbocycles. The number of carbonyl (C=O) groups excluding carboxylic acids is 1. The Balaban J connectivity index is 0.00000264. The summed E-state index contributed by atoms with van der Waals surface area (Å²) in [6.45, 7) is 2.86. The van der Waals surface area contributed by atoms with Crippen molar-refractivity contribution in [3.8, 4) is 12.5 Å². The fourth-order valence-electron chi connectivity index (χ4n) is 1.88. The zero-order valence-corrected chi connectivity index (χ0v) is 12.3. The molecule has 0 atom stereocenters. The molecule has 0 saturated heterocycles. The minimum absolute atomic E-state index is 0. The molecule has 114 valence electrons. The smallest absolute Gasteiger partial charge is 0.352 e. The molecule has 0 bridgehead atoms. The third-order valence-corrected chi connectivity index (χ3v) is 3.03. The van der Waals surface area contributed by atoms with Gasteiger partial charge in [0.25, 0.3) is 0 Å². The van der Waals surface area contributed by atoms with E-state index >= 15 is 0 Å². The molecule has 2 rings (SSSR count). The van der Waals surface area contributed by atoms with Crippen LogP contribution < -0.4 is 4.90 Å². The lowest BCUT2D eigenvalue weighted by Gasteiger charge is -2.16. The van der Waals surface area contributed by atoms with Gasteiger partial charge in [-0.3, -0.25) is 0 Å². The van der Waals surface area contributed by atoms with Crippen LogP contribution in [0.5, 0.6) is 0 Å². The van der Waals surface area contributed by atoms with Gasteiger partial charge in [0.15, 0.2) is 0 Å². The highest BCUT2D eigenvalue weighted by Crippen LogP contribution is 2.15. The van der Waals surface area contributed by atoms with Crippen LogP contribution in [0.4, 0.5) is 11.4 Å². The molecule has 4 heteroatoms. The average molecular weight is 296 g/mol. The molecule has 0 fully saturated rings. The predicted molar refractivity (Wildman–Crippen MR) is 92.5 cm³/mol. The lowest BCUT2D eigenvalue weighted by atomic mass is 10.2. The maximum absolute atomic E-state index is 11.4. The van der Waals surface area contributed by atoms with E-state index in [4.69, 9.17) is 6.42 Å². The quantitative estimate of drug-likeness (QED) is 0.361. The van der Waals surface area contributed by atoms with Crippen LogP contribution >= 0.6 is 0 Å². The molecule has 0 saturated carbocycles. The Kier molecular flexibility index (Phi) is 5.33. The topological polar surface area (TPSA) is 41.9 Å². The molecule has 0 unspecified atom stereocenters. The summed E-state index contributed by atoms with van der Waals surface area (Å²) in [5.41, 5.74) is 2.21. The lowest BCUT2D eigenvalue weighted by Crippen LogP contribution is -2.19. The van der Waals surface area contributed by atoms with Crippen molar-refractivity contribution in [1.29, 1.82) is 0 Å². The molecule has 0 spiro atoms. The number of para-hydroxylation sites is 1. The number of nitrogens with zero attached hydrogens (tertiary/aromatic N) is 2. The number of benzene rings is 2. The van der Waals surface area contributed by atoms with E-state index in [9.17, 15) is 4.79 Å². The molecule has 0 aliphatic carbocycles.